The van der Waals surface area contributed by atoms with Crippen LogP contribution >= 0.6 is 86.4 Å². The van der Waals surface area contributed by atoms with Gasteiger partial charge in [0.1, 0.15) is 24.2 Å². The highest BCUT2D eigenvalue weighted by Crippen LogP contribution is 2.43. The number of rotatable bonds is 32. The largest absolute Gasteiger partial charge is 0.467 e. The number of likely N-dealkylation sites (N-methyl/N-ethyl adjacent to an activating group) is 3. The topological polar surface area (TPSA) is 347 Å². The van der Waals surface area contributed by atoms with Crippen molar-refractivity contribution >= 4 is 155 Å². The molecule has 0 aromatic heterocycles. The Balaban J connectivity index is -0.000000205. The summed E-state index contributed by atoms with van der Waals surface area (Å²) in [6.45, 7) is 27.9. The van der Waals surface area contributed by atoms with E-state index in [0.717, 1.165) is 81.8 Å². The minimum Gasteiger partial charge on any atom is -0.467 e. The average Bonchev–Trinajstić information content (AvgIpc) is 1.23. The van der Waals surface area contributed by atoms with Gasteiger partial charge in [-0.1, -0.05) is 98.6 Å². The zero-order chi connectivity index (χ0) is 69.3. The summed E-state index contributed by atoms with van der Waals surface area (Å²) in [6, 6.07) is -3.29. The van der Waals surface area contributed by atoms with Crippen molar-refractivity contribution in [2.45, 2.75) is 194 Å². The maximum Gasteiger partial charge on any atom is 0.329 e. The number of hydrogen-bond donors (Lipinski definition) is 6. The Labute approximate surface area is 576 Å². The Hall–Kier alpha value is -3.64. The monoisotopic (exact) mass is 1450 g/mol. The van der Waals surface area contributed by atoms with Crippen molar-refractivity contribution in [2.24, 2.45) is 0 Å². The second kappa shape index (κ2) is 53.6. The van der Waals surface area contributed by atoms with E-state index in [-0.39, 0.29) is 66.9 Å². The predicted octanol–water partition coefficient (Wildman–Crippen LogP) is 7.84. The van der Waals surface area contributed by atoms with Crippen molar-refractivity contribution in [3.63, 3.8) is 0 Å². The van der Waals surface area contributed by atoms with Crippen LogP contribution in [0, 0.1) is 0 Å². The van der Waals surface area contributed by atoms with Crippen LogP contribution in [0.1, 0.15) is 151 Å². The van der Waals surface area contributed by atoms with Crippen molar-refractivity contribution in [1.82, 2.24) is 40.9 Å². The lowest BCUT2D eigenvalue weighted by molar-refractivity contribution is -0.626. The van der Waals surface area contributed by atoms with Gasteiger partial charge in [0.2, 0.25) is 23.6 Å². The van der Waals surface area contributed by atoms with Gasteiger partial charge in [-0.15, -0.1) is 0 Å². The van der Waals surface area contributed by atoms with Crippen LogP contribution in [0.15, 0.2) is 0 Å². The second-order valence-electron chi connectivity index (χ2n) is 21.6. The number of unbranched alkanes of at least 4 members (excludes halogenated alkanes) is 3. The molecule has 0 bridgehead atoms. The third-order valence-electron chi connectivity index (χ3n) is 11.7. The molecule has 34 heteroatoms. The molecule has 0 aliphatic rings. The van der Waals surface area contributed by atoms with Crippen molar-refractivity contribution in [1.29, 1.82) is 0 Å². The van der Waals surface area contributed by atoms with Crippen LogP contribution < -0.4 is 32.3 Å². The second-order valence-corrected chi connectivity index (χ2v) is 32.5. The molecule has 0 aromatic rings. The molecule has 536 valence electrons. The molecule has 0 radical (unpaired) electrons. The molecule has 0 spiro atoms. The highest BCUT2D eigenvalue weighted by Gasteiger charge is 2.42. The van der Waals surface area contributed by atoms with Gasteiger partial charge in [0, 0.05) is 112 Å². The summed E-state index contributed by atoms with van der Waals surface area (Å²) in [4.78, 5) is 147. The van der Waals surface area contributed by atoms with Gasteiger partial charge < -0.3 is 70.9 Å². The Kier molecular flexibility index (Phi) is 59.4. The van der Waals surface area contributed by atoms with Crippen LogP contribution in [0.4, 0.5) is 19.2 Å². The van der Waals surface area contributed by atoms with Crippen molar-refractivity contribution < 1.29 is 87.5 Å². The molecule has 4 unspecified atom stereocenters. The SMILES string of the molecule is C.C.C.CCCCCN(C)C(=O)SSC(C)(C)C(NC(C)=O)C(=O)OC.CCCCN(C)C(=O)SSC(C)(C)C(NC(C)=O)C(=O)OC.COC(=O)C(NC(C)=O)C(C)(C)SSC(=O)N(C)CC[NH3+].C[NH2+]CCN(C)C(=O)SSC(C)(C)C(NC(C)=O)C(=O)OC. The predicted molar refractivity (Wildman–Crippen MR) is 383 cm³/mol. The first kappa shape index (κ1) is 101. The fraction of sp³-hybridized carbons (Fsp3) is 0.789. The molecule has 0 aliphatic heterocycles. The molecule has 4 atom stereocenters. The molecule has 0 saturated heterocycles. The highest BCUT2D eigenvalue weighted by molar-refractivity contribution is 8.83. The lowest BCUT2D eigenvalue weighted by atomic mass is 10.0. The Morgan fingerprint density at radius 1 is 0.407 bits per heavy atom. The summed E-state index contributed by atoms with van der Waals surface area (Å²) in [6.07, 6.45) is 5.15. The zero-order valence-electron chi connectivity index (χ0n) is 56.0. The van der Waals surface area contributed by atoms with Crippen molar-refractivity contribution in [3.05, 3.63) is 0 Å². The summed E-state index contributed by atoms with van der Waals surface area (Å²) >= 11 is 0. The van der Waals surface area contributed by atoms with Crippen LogP contribution in [0.25, 0.3) is 0 Å². The number of quaternary nitrogens is 2. The van der Waals surface area contributed by atoms with Gasteiger partial charge >= 0.3 is 23.9 Å². The summed E-state index contributed by atoms with van der Waals surface area (Å²) in [5, 5.41) is 12.0. The minimum atomic E-state index is -0.830. The normalized spacial score (nSPS) is 12.0. The van der Waals surface area contributed by atoms with Crippen LogP contribution in [0.5, 0.6) is 0 Å². The molecule has 0 heterocycles. The summed E-state index contributed by atoms with van der Waals surface area (Å²) in [5.74, 6) is -3.41. The number of hydrogen-bond acceptors (Lipinski definition) is 24. The smallest absolute Gasteiger partial charge is 0.329 e. The minimum absolute atomic E-state index is 0. The van der Waals surface area contributed by atoms with E-state index in [2.05, 4.69) is 40.8 Å². The molecule has 0 rings (SSSR count). The maximum atomic E-state index is 12.1. The summed E-state index contributed by atoms with van der Waals surface area (Å²) < 4.78 is 16.1. The molecule has 8 amide bonds. The van der Waals surface area contributed by atoms with Gasteiger partial charge in [-0.2, -0.15) is 0 Å². The van der Waals surface area contributed by atoms with E-state index in [4.69, 9.17) is 18.9 Å². The van der Waals surface area contributed by atoms with Gasteiger partial charge in [0.15, 0.2) is 0 Å². The van der Waals surface area contributed by atoms with Gasteiger partial charge in [-0.05, 0) is 68.2 Å². The highest BCUT2D eigenvalue weighted by atomic mass is 33.1. The third kappa shape index (κ3) is 45.4. The average molecular weight is 1450 g/mol. The first-order chi connectivity index (χ1) is 40.6. The Bertz CT molecular complexity index is 2130. The number of methoxy groups -OCH3 is 4. The Morgan fingerprint density at radius 2 is 0.626 bits per heavy atom. The van der Waals surface area contributed by atoms with E-state index in [0.29, 0.717) is 32.7 Å². The van der Waals surface area contributed by atoms with E-state index in [1.165, 1.54) is 99.3 Å². The van der Waals surface area contributed by atoms with E-state index >= 15 is 0 Å². The van der Waals surface area contributed by atoms with Gasteiger partial charge in [-0.3, -0.25) is 38.4 Å². The number of nitrogens with one attached hydrogen (secondary N) is 4. The maximum absolute atomic E-state index is 12.1. The van der Waals surface area contributed by atoms with Gasteiger partial charge in [0.05, 0.1) is 80.7 Å². The number of carbonyl (C=O) groups excluding carboxylic acids is 12. The number of ether oxygens (including phenoxy) is 4. The summed E-state index contributed by atoms with van der Waals surface area (Å²) in [5.41, 5.74) is 3.69. The van der Waals surface area contributed by atoms with Gasteiger partial charge in [-0.25, -0.2) is 19.2 Å². The number of nitrogens with two attached hydrogens (primary N) is 1. The lowest BCUT2D eigenvalue weighted by Gasteiger charge is -2.31. The summed E-state index contributed by atoms with van der Waals surface area (Å²) in [7, 11) is 23.2. The quantitative estimate of drug-likeness (QED) is 0.0162. The Morgan fingerprint density at radius 3 is 0.824 bits per heavy atom. The molecule has 91 heavy (non-hydrogen) atoms. The van der Waals surface area contributed by atoms with Crippen LogP contribution in [0.2, 0.25) is 0 Å². The number of amides is 8. The van der Waals surface area contributed by atoms with E-state index in [1.54, 1.807) is 103 Å². The molecule has 0 fully saturated rings. The molecule has 0 aliphatic carbocycles. The van der Waals surface area contributed by atoms with Crippen LogP contribution in [0.3, 0.4) is 0 Å². The fourth-order valence-electron chi connectivity index (χ4n) is 6.29. The number of nitrogens with zero attached hydrogens (tertiary/aromatic N) is 4. The fourth-order valence-corrected chi connectivity index (χ4v) is 15.4. The molecule has 0 aromatic carbocycles. The van der Waals surface area contributed by atoms with Gasteiger partial charge in [0.25, 0.3) is 21.0 Å². The first-order valence-electron chi connectivity index (χ1n) is 28.0. The molecule has 26 nitrogen and oxygen atoms in total. The lowest BCUT2D eigenvalue weighted by Crippen LogP contribution is -2.81. The standard InChI is InChI=1S/C15H28N2O4S2.C14H26N2O4S2.C13H25N3O4S2.C12H23N3O4S2.3CH4/c1-7-8-9-10-17(5)14(20)22-23-15(3,4)12(13(19)21-6)16-11(2)18;1-7-8-9-16(5)13(19)21-22-14(3,4)11(12(18)20-6)15-10(2)17;1-9(17)15-10(11(18)20-6)13(2,3)22-21-12(19)16(5)8-7-14-4;1-8(16)14-9(10(17)19-5)12(2,3)21-20-11(18)15(4)7-6-13;;;/h12H,7-10H2,1-6H3,(H,16,18);11H,7-9H2,1-6H3,(H,15,17);10,14H,7-8H2,1-6H3,(H,15,17);9H,6-7,13H2,1-5H3,(H,14,16);3*1H4/p+2. The van der Waals surface area contributed by atoms with Crippen molar-refractivity contribution in [3.8, 4) is 0 Å². The first-order valence-corrected chi connectivity index (χ1v) is 36.6. The molecular formula is C57H116N10O16S8+2. The van der Waals surface area contributed by atoms with E-state index in [1.807, 2.05) is 12.4 Å². The number of esters is 4. The molecule has 9 N–H and O–H groups in total. The van der Waals surface area contributed by atoms with Crippen molar-refractivity contribution in [2.75, 3.05) is 103 Å². The number of carbonyl (C=O) groups is 12. The van der Waals surface area contributed by atoms with E-state index < -0.39 is 67.0 Å². The molecular weight excluding hydrogens is 1340 g/mol. The molecule has 0 saturated carbocycles. The third-order valence-corrected chi connectivity index (χ3v) is 24.3. The van der Waals surface area contributed by atoms with Crippen LogP contribution in [-0.4, -0.2) is 234 Å². The zero-order valence-corrected chi connectivity index (χ0v) is 62.5. The van der Waals surface area contributed by atoms with Crippen LogP contribution in [-0.2, 0) is 57.3 Å². The van der Waals surface area contributed by atoms with E-state index in [9.17, 15) is 57.5 Å².